The molecular formula is C10H9FN4OS. The highest BCUT2D eigenvalue weighted by Crippen LogP contribution is 2.18. The third kappa shape index (κ3) is 3.28. The summed E-state index contributed by atoms with van der Waals surface area (Å²) < 4.78 is 12.9. The molecule has 3 N–H and O–H groups in total. The molecule has 17 heavy (non-hydrogen) atoms. The van der Waals surface area contributed by atoms with Gasteiger partial charge in [-0.3, -0.25) is 9.78 Å². The summed E-state index contributed by atoms with van der Waals surface area (Å²) in [5.41, 5.74) is 5.84. The van der Waals surface area contributed by atoms with Crippen LogP contribution in [0.25, 0.3) is 0 Å². The maximum atomic E-state index is 12.9. The first-order chi connectivity index (χ1) is 8.13. The summed E-state index contributed by atoms with van der Waals surface area (Å²) in [6, 6.07) is 2.58. The number of nitrogen functional groups attached to an aromatic ring is 1. The number of nitrogens with two attached hydrogens (primary N) is 1. The Morgan fingerprint density at radius 3 is 2.94 bits per heavy atom. The highest BCUT2D eigenvalue weighted by molar-refractivity contribution is 7.98. The molecule has 2 aromatic heterocycles. The Balaban J connectivity index is 2.09. The van der Waals surface area contributed by atoms with Crippen molar-refractivity contribution in [3.8, 4) is 0 Å². The second-order valence-corrected chi connectivity index (χ2v) is 4.24. The second kappa shape index (κ2) is 4.96. The van der Waals surface area contributed by atoms with Crippen molar-refractivity contribution in [2.24, 2.45) is 0 Å². The van der Waals surface area contributed by atoms with E-state index in [4.69, 9.17) is 5.73 Å². The van der Waals surface area contributed by atoms with Gasteiger partial charge in [0.2, 0.25) is 0 Å². The fraction of sp³-hybridized carbons (Fsp3) is 0.100. The fourth-order valence-corrected chi connectivity index (χ4v) is 2.01. The van der Waals surface area contributed by atoms with Gasteiger partial charge in [-0.25, -0.2) is 9.37 Å². The Morgan fingerprint density at radius 2 is 2.24 bits per heavy atom. The minimum atomic E-state index is -0.392. The number of aromatic nitrogens is 3. The largest absolute Gasteiger partial charge is 0.383 e. The smallest absolute Gasteiger partial charge is 0.253 e. The highest BCUT2D eigenvalue weighted by atomic mass is 32.2. The molecule has 7 heteroatoms. The lowest BCUT2D eigenvalue weighted by atomic mass is 10.3. The lowest BCUT2D eigenvalue weighted by Crippen LogP contribution is -2.09. The standard InChI is InChI=1S/C10H9FN4OS/c11-7-1-6(3-13-4-7)5-17-10-14-8(12)2-9(16)15-10/h1-4H,5H2,(H3,12,14,15,16). The number of H-pyrrole nitrogens is 1. The molecule has 0 atom stereocenters. The van der Waals surface area contributed by atoms with Gasteiger partial charge in [0.15, 0.2) is 5.16 Å². The van der Waals surface area contributed by atoms with E-state index in [1.165, 1.54) is 23.9 Å². The van der Waals surface area contributed by atoms with Crippen LogP contribution in [0.3, 0.4) is 0 Å². The number of hydrogen-bond donors (Lipinski definition) is 2. The predicted molar refractivity (Wildman–Crippen MR) is 63.0 cm³/mol. The van der Waals surface area contributed by atoms with Crippen molar-refractivity contribution < 1.29 is 4.39 Å². The summed E-state index contributed by atoms with van der Waals surface area (Å²) in [6.07, 6.45) is 2.69. The van der Waals surface area contributed by atoms with Crippen molar-refractivity contribution in [3.63, 3.8) is 0 Å². The maximum absolute atomic E-state index is 12.9. The fourth-order valence-electron chi connectivity index (χ4n) is 1.21. The number of halogens is 1. The van der Waals surface area contributed by atoms with Crippen LogP contribution in [0.5, 0.6) is 0 Å². The molecule has 2 aromatic rings. The first-order valence-electron chi connectivity index (χ1n) is 4.72. The van der Waals surface area contributed by atoms with Gasteiger partial charge in [0.25, 0.3) is 5.56 Å². The molecule has 0 aromatic carbocycles. The third-order valence-corrected chi connectivity index (χ3v) is 2.82. The van der Waals surface area contributed by atoms with Gasteiger partial charge in [-0.1, -0.05) is 11.8 Å². The average Bonchev–Trinajstić information content (AvgIpc) is 2.25. The number of anilines is 1. The zero-order valence-electron chi connectivity index (χ0n) is 8.68. The van der Waals surface area contributed by atoms with Gasteiger partial charge in [0, 0.05) is 18.0 Å². The maximum Gasteiger partial charge on any atom is 0.253 e. The molecule has 5 nitrogen and oxygen atoms in total. The molecule has 0 bridgehead atoms. The topological polar surface area (TPSA) is 84.7 Å². The number of nitrogens with zero attached hydrogens (tertiary/aromatic N) is 2. The molecule has 0 fully saturated rings. The Morgan fingerprint density at radius 1 is 1.41 bits per heavy atom. The Labute approximate surface area is 100 Å². The van der Waals surface area contributed by atoms with Gasteiger partial charge in [0.1, 0.15) is 11.6 Å². The van der Waals surface area contributed by atoms with E-state index in [0.717, 1.165) is 6.20 Å². The summed E-state index contributed by atoms with van der Waals surface area (Å²) in [4.78, 5) is 21.3. The van der Waals surface area contributed by atoms with Crippen molar-refractivity contribution >= 4 is 17.6 Å². The van der Waals surface area contributed by atoms with E-state index >= 15 is 0 Å². The first kappa shape index (κ1) is 11.6. The monoisotopic (exact) mass is 252 g/mol. The van der Waals surface area contributed by atoms with Crippen LogP contribution >= 0.6 is 11.8 Å². The number of aromatic amines is 1. The van der Waals surface area contributed by atoms with E-state index in [9.17, 15) is 9.18 Å². The SMILES string of the molecule is Nc1cc(=O)[nH]c(SCc2cncc(F)c2)n1. The van der Waals surface area contributed by atoms with Gasteiger partial charge in [-0.2, -0.15) is 0 Å². The number of pyridine rings is 1. The number of hydrogen-bond acceptors (Lipinski definition) is 5. The van der Waals surface area contributed by atoms with E-state index < -0.39 is 5.82 Å². The van der Waals surface area contributed by atoms with E-state index in [0.29, 0.717) is 16.5 Å². The van der Waals surface area contributed by atoms with Crippen LogP contribution in [0.2, 0.25) is 0 Å². The summed E-state index contributed by atoms with van der Waals surface area (Å²) >= 11 is 1.26. The van der Waals surface area contributed by atoms with Gasteiger partial charge in [-0.05, 0) is 11.6 Å². The minimum absolute atomic E-state index is 0.161. The molecule has 0 saturated heterocycles. The van der Waals surface area contributed by atoms with Crippen LogP contribution < -0.4 is 11.3 Å². The van der Waals surface area contributed by atoms with E-state index in [1.807, 2.05) is 0 Å². The molecular weight excluding hydrogens is 243 g/mol. The number of thioether (sulfide) groups is 1. The molecule has 2 rings (SSSR count). The molecule has 0 spiro atoms. The zero-order valence-corrected chi connectivity index (χ0v) is 9.50. The highest BCUT2D eigenvalue weighted by Gasteiger charge is 2.02. The van der Waals surface area contributed by atoms with Crippen molar-refractivity contribution in [3.05, 3.63) is 46.3 Å². The third-order valence-electron chi connectivity index (χ3n) is 1.88. The Kier molecular flexibility index (Phi) is 3.38. The molecule has 0 unspecified atom stereocenters. The summed E-state index contributed by atoms with van der Waals surface area (Å²) in [6.45, 7) is 0. The first-order valence-corrected chi connectivity index (χ1v) is 5.71. The van der Waals surface area contributed by atoms with Crippen LogP contribution in [0.15, 0.2) is 34.5 Å². The number of rotatable bonds is 3. The molecule has 88 valence electrons. The Bertz CT molecular complexity index is 587. The Hall–Kier alpha value is -1.89. The van der Waals surface area contributed by atoms with Gasteiger partial charge >= 0.3 is 0 Å². The normalized spacial score (nSPS) is 10.4. The van der Waals surface area contributed by atoms with Crippen molar-refractivity contribution in [2.75, 3.05) is 5.73 Å². The van der Waals surface area contributed by atoms with Crippen molar-refractivity contribution in [1.82, 2.24) is 15.0 Å². The molecule has 0 amide bonds. The predicted octanol–water partition coefficient (Wildman–Crippen LogP) is 1.18. The van der Waals surface area contributed by atoms with Gasteiger partial charge in [0.05, 0.1) is 6.20 Å². The number of nitrogens with one attached hydrogen (secondary N) is 1. The lowest BCUT2D eigenvalue weighted by molar-refractivity contribution is 0.619. The molecule has 0 aliphatic heterocycles. The molecule has 0 radical (unpaired) electrons. The lowest BCUT2D eigenvalue weighted by Gasteiger charge is -2.01. The summed E-state index contributed by atoms with van der Waals surface area (Å²) in [7, 11) is 0. The van der Waals surface area contributed by atoms with Crippen molar-refractivity contribution in [2.45, 2.75) is 10.9 Å². The molecule has 0 saturated carbocycles. The average molecular weight is 252 g/mol. The minimum Gasteiger partial charge on any atom is -0.383 e. The van der Waals surface area contributed by atoms with E-state index in [2.05, 4.69) is 15.0 Å². The zero-order chi connectivity index (χ0) is 12.3. The van der Waals surface area contributed by atoms with E-state index in [1.54, 1.807) is 6.20 Å². The van der Waals surface area contributed by atoms with Crippen LogP contribution in [0.4, 0.5) is 10.2 Å². The van der Waals surface area contributed by atoms with Gasteiger partial charge < -0.3 is 10.7 Å². The summed E-state index contributed by atoms with van der Waals surface area (Å²) in [5, 5.41) is 0.402. The van der Waals surface area contributed by atoms with Gasteiger partial charge in [-0.15, -0.1) is 0 Å². The summed E-state index contributed by atoms with van der Waals surface area (Å²) in [5.74, 6) is 0.225. The van der Waals surface area contributed by atoms with Crippen LogP contribution in [-0.4, -0.2) is 15.0 Å². The molecule has 2 heterocycles. The van der Waals surface area contributed by atoms with Crippen molar-refractivity contribution in [1.29, 1.82) is 0 Å². The van der Waals surface area contributed by atoms with Crippen LogP contribution in [-0.2, 0) is 5.75 Å². The van der Waals surface area contributed by atoms with Crippen LogP contribution in [0, 0.1) is 5.82 Å². The molecule has 0 aliphatic rings. The van der Waals surface area contributed by atoms with E-state index in [-0.39, 0.29) is 11.4 Å². The van der Waals surface area contributed by atoms with Crippen LogP contribution in [0.1, 0.15) is 5.56 Å². The molecule has 0 aliphatic carbocycles. The second-order valence-electron chi connectivity index (χ2n) is 3.28. The quantitative estimate of drug-likeness (QED) is 0.633.